The van der Waals surface area contributed by atoms with Crippen LogP contribution >= 0.6 is 0 Å². The second-order valence-electron chi connectivity index (χ2n) is 4.20. The Labute approximate surface area is 105 Å². The van der Waals surface area contributed by atoms with Gasteiger partial charge >= 0.3 is 0 Å². The number of nitrogens with zero attached hydrogens (tertiary/aromatic N) is 2. The van der Waals surface area contributed by atoms with E-state index in [0.717, 1.165) is 5.69 Å². The average Bonchev–Trinajstić information content (AvgIpc) is 2.34. The highest BCUT2D eigenvalue weighted by Gasteiger charge is 2.10. The molecule has 1 aromatic carbocycles. The Balaban J connectivity index is 2.31. The summed E-state index contributed by atoms with van der Waals surface area (Å²) in [7, 11) is 0. The molecule has 18 heavy (non-hydrogen) atoms. The monoisotopic (exact) mass is 247 g/mol. The van der Waals surface area contributed by atoms with Gasteiger partial charge in [-0.1, -0.05) is 19.9 Å². The van der Waals surface area contributed by atoms with Crippen molar-refractivity contribution in [2.24, 2.45) is 0 Å². The summed E-state index contributed by atoms with van der Waals surface area (Å²) < 4.78 is 18.9. The third-order valence-corrected chi connectivity index (χ3v) is 2.46. The minimum Gasteiger partial charge on any atom is -0.434 e. The minimum absolute atomic E-state index is 0.00842. The Bertz CT molecular complexity index is 537. The molecule has 0 aliphatic heterocycles. The first-order valence-electron chi connectivity index (χ1n) is 5.61. The van der Waals surface area contributed by atoms with Crippen LogP contribution in [-0.4, -0.2) is 9.97 Å². The number of halogens is 1. The second-order valence-corrected chi connectivity index (χ2v) is 4.20. The molecule has 0 atom stereocenters. The summed E-state index contributed by atoms with van der Waals surface area (Å²) in [6, 6.07) is 6.06. The van der Waals surface area contributed by atoms with Crippen LogP contribution in [-0.2, 0) is 0 Å². The summed E-state index contributed by atoms with van der Waals surface area (Å²) in [5, 5.41) is 0. The lowest BCUT2D eigenvalue weighted by atomic mass is 10.1. The third-order valence-electron chi connectivity index (χ3n) is 2.46. The molecular weight excluding hydrogens is 233 g/mol. The number of rotatable bonds is 3. The van der Waals surface area contributed by atoms with E-state index in [2.05, 4.69) is 9.97 Å². The molecular formula is C13H14FN3O. The highest BCUT2D eigenvalue weighted by molar-refractivity contribution is 5.54. The van der Waals surface area contributed by atoms with Crippen molar-refractivity contribution in [1.29, 1.82) is 0 Å². The van der Waals surface area contributed by atoms with Crippen LogP contribution in [0.5, 0.6) is 11.6 Å². The van der Waals surface area contributed by atoms with Crippen molar-refractivity contribution in [1.82, 2.24) is 9.97 Å². The van der Waals surface area contributed by atoms with Crippen LogP contribution in [0.15, 0.2) is 30.6 Å². The summed E-state index contributed by atoms with van der Waals surface area (Å²) in [5.41, 5.74) is 6.72. The highest BCUT2D eigenvalue weighted by Crippen LogP contribution is 2.29. The number of ether oxygens (including phenoxy) is 1. The SMILES string of the molecule is CC(C)c1cc(Oc2c(N)cccc2F)ncn1. The fourth-order valence-corrected chi connectivity index (χ4v) is 1.46. The van der Waals surface area contributed by atoms with Crippen molar-refractivity contribution in [2.75, 3.05) is 5.73 Å². The number of hydrogen-bond donors (Lipinski definition) is 1. The van der Waals surface area contributed by atoms with E-state index >= 15 is 0 Å². The van der Waals surface area contributed by atoms with Crippen LogP contribution in [0.3, 0.4) is 0 Å². The normalized spacial score (nSPS) is 10.7. The summed E-state index contributed by atoms with van der Waals surface area (Å²) in [4.78, 5) is 8.05. The van der Waals surface area contributed by atoms with Gasteiger partial charge in [-0.2, -0.15) is 0 Å². The zero-order valence-corrected chi connectivity index (χ0v) is 10.2. The van der Waals surface area contributed by atoms with Gasteiger partial charge in [0.05, 0.1) is 11.4 Å². The van der Waals surface area contributed by atoms with Gasteiger partial charge in [-0.25, -0.2) is 14.4 Å². The van der Waals surface area contributed by atoms with E-state index in [1.165, 1.54) is 18.5 Å². The van der Waals surface area contributed by atoms with Crippen LogP contribution in [0.2, 0.25) is 0 Å². The van der Waals surface area contributed by atoms with Gasteiger partial charge in [-0.3, -0.25) is 0 Å². The van der Waals surface area contributed by atoms with Crippen molar-refractivity contribution in [3.05, 3.63) is 42.1 Å². The van der Waals surface area contributed by atoms with E-state index in [0.29, 0.717) is 0 Å². The number of para-hydroxylation sites is 1. The molecule has 0 saturated heterocycles. The molecule has 2 rings (SSSR count). The zero-order valence-electron chi connectivity index (χ0n) is 10.2. The molecule has 4 nitrogen and oxygen atoms in total. The Kier molecular flexibility index (Phi) is 3.41. The van der Waals surface area contributed by atoms with E-state index in [9.17, 15) is 4.39 Å². The van der Waals surface area contributed by atoms with E-state index in [1.807, 2.05) is 13.8 Å². The first kappa shape index (κ1) is 12.3. The van der Waals surface area contributed by atoms with Crippen molar-refractivity contribution < 1.29 is 9.13 Å². The van der Waals surface area contributed by atoms with Crippen molar-refractivity contribution >= 4 is 5.69 Å². The van der Waals surface area contributed by atoms with Crippen LogP contribution in [0.1, 0.15) is 25.5 Å². The maximum Gasteiger partial charge on any atom is 0.222 e. The molecule has 0 bridgehead atoms. The van der Waals surface area contributed by atoms with Gasteiger partial charge in [0.1, 0.15) is 6.33 Å². The predicted octanol–water partition coefficient (Wildman–Crippen LogP) is 3.11. The molecule has 2 N–H and O–H groups in total. The molecule has 1 aromatic heterocycles. The standard InChI is InChI=1S/C13H14FN3O/c1-8(2)11-6-12(17-7-16-11)18-13-9(14)4-3-5-10(13)15/h3-8H,15H2,1-2H3. The summed E-state index contributed by atoms with van der Waals surface area (Å²) in [5.74, 6) is 0.00410. The smallest absolute Gasteiger partial charge is 0.222 e. The van der Waals surface area contributed by atoms with Crippen molar-refractivity contribution in [3.63, 3.8) is 0 Å². The van der Waals surface area contributed by atoms with Crippen LogP contribution < -0.4 is 10.5 Å². The molecule has 0 amide bonds. The van der Waals surface area contributed by atoms with Crippen LogP contribution in [0.25, 0.3) is 0 Å². The van der Waals surface area contributed by atoms with Crippen LogP contribution in [0, 0.1) is 5.82 Å². The van der Waals surface area contributed by atoms with Crippen molar-refractivity contribution in [3.8, 4) is 11.6 Å². The molecule has 0 radical (unpaired) electrons. The first-order chi connectivity index (χ1) is 8.58. The maximum atomic E-state index is 13.5. The van der Waals surface area contributed by atoms with E-state index in [1.54, 1.807) is 12.1 Å². The van der Waals surface area contributed by atoms with Gasteiger partial charge in [-0.15, -0.1) is 0 Å². The van der Waals surface area contributed by atoms with Crippen LogP contribution in [0.4, 0.5) is 10.1 Å². The predicted molar refractivity (Wildman–Crippen MR) is 67.0 cm³/mol. The third kappa shape index (κ3) is 2.56. The van der Waals surface area contributed by atoms with Gasteiger partial charge in [0.25, 0.3) is 0 Å². The van der Waals surface area contributed by atoms with Crippen molar-refractivity contribution in [2.45, 2.75) is 19.8 Å². The lowest BCUT2D eigenvalue weighted by molar-refractivity contribution is 0.427. The van der Waals surface area contributed by atoms with E-state index in [4.69, 9.17) is 10.5 Å². The molecule has 0 aliphatic carbocycles. The average molecular weight is 247 g/mol. The molecule has 0 saturated carbocycles. The fraction of sp³-hybridized carbons (Fsp3) is 0.231. The Morgan fingerprint density at radius 2 is 2.06 bits per heavy atom. The fourth-order valence-electron chi connectivity index (χ4n) is 1.46. The van der Waals surface area contributed by atoms with E-state index in [-0.39, 0.29) is 23.2 Å². The van der Waals surface area contributed by atoms with Gasteiger partial charge in [0.15, 0.2) is 11.6 Å². The first-order valence-corrected chi connectivity index (χ1v) is 5.61. The molecule has 5 heteroatoms. The number of hydrogen-bond acceptors (Lipinski definition) is 4. The Morgan fingerprint density at radius 3 is 2.72 bits per heavy atom. The lowest BCUT2D eigenvalue weighted by Crippen LogP contribution is -1.99. The number of aromatic nitrogens is 2. The highest BCUT2D eigenvalue weighted by atomic mass is 19.1. The summed E-state index contributed by atoms with van der Waals surface area (Å²) in [6.07, 6.45) is 1.39. The summed E-state index contributed by atoms with van der Waals surface area (Å²) in [6.45, 7) is 4.01. The largest absolute Gasteiger partial charge is 0.434 e. The quantitative estimate of drug-likeness (QED) is 0.846. The minimum atomic E-state index is -0.514. The zero-order chi connectivity index (χ0) is 13.1. The maximum absolute atomic E-state index is 13.5. The van der Waals surface area contributed by atoms with E-state index < -0.39 is 5.82 Å². The second kappa shape index (κ2) is 5.00. The molecule has 0 fully saturated rings. The molecule has 0 aliphatic rings. The topological polar surface area (TPSA) is 61.0 Å². The van der Waals surface area contributed by atoms with Gasteiger partial charge < -0.3 is 10.5 Å². The Morgan fingerprint density at radius 1 is 1.28 bits per heavy atom. The van der Waals surface area contributed by atoms with Gasteiger partial charge in [0.2, 0.25) is 5.88 Å². The number of nitrogens with two attached hydrogens (primary N) is 1. The number of nitrogen functional groups attached to an aromatic ring is 1. The number of benzene rings is 1. The molecule has 0 spiro atoms. The lowest BCUT2D eigenvalue weighted by Gasteiger charge is -2.10. The van der Waals surface area contributed by atoms with Gasteiger partial charge in [0, 0.05) is 6.07 Å². The molecule has 1 heterocycles. The Hall–Kier alpha value is -2.17. The molecule has 0 unspecified atom stereocenters. The van der Waals surface area contributed by atoms with Gasteiger partial charge in [-0.05, 0) is 18.1 Å². The number of anilines is 1. The molecule has 94 valence electrons. The molecule has 2 aromatic rings. The summed E-state index contributed by atoms with van der Waals surface area (Å²) >= 11 is 0.